The summed E-state index contributed by atoms with van der Waals surface area (Å²) in [5.41, 5.74) is 2.16. The molecule has 0 bridgehead atoms. The first-order valence-corrected chi connectivity index (χ1v) is 8.28. The molecule has 0 saturated carbocycles. The molecule has 3 nitrogen and oxygen atoms in total. The second-order valence-electron chi connectivity index (χ2n) is 5.15. The Morgan fingerprint density at radius 1 is 1.00 bits per heavy atom. The Morgan fingerprint density at radius 3 is 2.50 bits per heavy atom. The summed E-state index contributed by atoms with van der Waals surface area (Å²) in [6, 6.07) is 17.4. The van der Waals surface area contributed by atoms with Crippen molar-refractivity contribution in [3.63, 3.8) is 0 Å². The van der Waals surface area contributed by atoms with Crippen LogP contribution in [0.5, 0.6) is 0 Å². The Hall–Kier alpha value is -1.65. The lowest BCUT2D eigenvalue weighted by atomic mass is 9.99. The van der Waals surface area contributed by atoms with Crippen LogP contribution in [0.3, 0.4) is 0 Å². The molecule has 1 atom stereocenters. The molecule has 1 aliphatic rings. The van der Waals surface area contributed by atoms with E-state index in [-0.39, 0.29) is 6.04 Å². The van der Waals surface area contributed by atoms with Crippen LogP contribution in [0.1, 0.15) is 17.5 Å². The summed E-state index contributed by atoms with van der Waals surface area (Å²) in [5, 5.41) is 0. The first-order valence-electron chi connectivity index (χ1n) is 6.79. The third kappa shape index (κ3) is 2.76. The van der Waals surface area contributed by atoms with Crippen LogP contribution in [0.15, 0.2) is 59.5 Å². The summed E-state index contributed by atoms with van der Waals surface area (Å²) in [5.74, 6) is 0. The van der Waals surface area contributed by atoms with Gasteiger partial charge in [-0.25, -0.2) is 13.1 Å². The minimum atomic E-state index is -3.35. The van der Waals surface area contributed by atoms with Crippen molar-refractivity contribution in [2.45, 2.75) is 30.2 Å². The van der Waals surface area contributed by atoms with Crippen molar-refractivity contribution in [2.24, 2.45) is 0 Å². The highest BCUT2D eigenvalue weighted by Crippen LogP contribution is 2.24. The van der Waals surface area contributed by atoms with Crippen molar-refractivity contribution in [3.8, 4) is 0 Å². The summed E-state index contributed by atoms with van der Waals surface area (Å²) in [4.78, 5) is 0.427. The van der Waals surface area contributed by atoms with E-state index >= 15 is 0 Å². The Morgan fingerprint density at radius 2 is 1.70 bits per heavy atom. The first kappa shape index (κ1) is 13.3. The second-order valence-corrected chi connectivity index (χ2v) is 6.84. The third-order valence-corrected chi connectivity index (χ3v) is 5.30. The van der Waals surface area contributed by atoms with Gasteiger partial charge in [0.25, 0.3) is 0 Å². The third-order valence-electron chi connectivity index (χ3n) is 3.67. The minimum Gasteiger partial charge on any atom is -0.208 e. The molecule has 0 aromatic heterocycles. The van der Waals surface area contributed by atoms with Crippen molar-refractivity contribution in [2.75, 3.05) is 0 Å². The largest absolute Gasteiger partial charge is 0.241 e. The average Bonchev–Trinajstić information content (AvgIpc) is 2.46. The standard InChI is InChI=1S/C16H17NO2S/c18-20(19)16-9-5-4-8-14(16)12-15(17-20)11-10-13-6-2-1-3-7-13/h1-9,15,17H,10-12H2. The number of aryl methyl sites for hydroxylation is 1. The van der Waals surface area contributed by atoms with Crippen molar-refractivity contribution >= 4 is 10.0 Å². The quantitative estimate of drug-likeness (QED) is 0.943. The number of nitrogens with one attached hydrogen (secondary N) is 1. The van der Waals surface area contributed by atoms with Gasteiger partial charge in [-0.05, 0) is 36.5 Å². The summed E-state index contributed by atoms with van der Waals surface area (Å²) in [7, 11) is -3.35. The van der Waals surface area contributed by atoms with E-state index < -0.39 is 10.0 Å². The molecule has 1 N–H and O–H groups in total. The molecule has 1 unspecified atom stereocenters. The van der Waals surface area contributed by atoms with Crippen LogP contribution >= 0.6 is 0 Å². The van der Waals surface area contributed by atoms with Gasteiger partial charge < -0.3 is 0 Å². The molecule has 0 fully saturated rings. The Balaban J connectivity index is 1.75. The van der Waals surface area contributed by atoms with E-state index in [0.29, 0.717) is 4.90 Å². The number of fused-ring (bicyclic) bond motifs is 1. The van der Waals surface area contributed by atoms with E-state index in [1.54, 1.807) is 12.1 Å². The highest BCUT2D eigenvalue weighted by atomic mass is 32.2. The molecule has 1 heterocycles. The van der Waals surface area contributed by atoms with Crippen LogP contribution in [-0.2, 0) is 22.9 Å². The molecule has 4 heteroatoms. The van der Waals surface area contributed by atoms with Gasteiger partial charge in [0, 0.05) is 6.04 Å². The molecule has 20 heavy (non-hydrogen) atoms. The van der Waals surface area contributed by atoms with E-state index in [9.17, 15) is 8.42 Å². The molecule has 0 aliphatic carbocycles. The van der Waals surface area contributed by atoms with Crippen LogP contribution in [0.2, 0.25) is 0 Å². The molecular weight excluding hydrogens is 270 g/mol. The number of rotatable bonds is 3. The molecule has 0 saturated heterocycles. The second kappa shape index (κ2) is 5.38. The topological polar surface area (TPSA) is 46.2 Å². The van der Waals surface area contributed by atoms with Gasteiger partial charge >= 0.3 is 0 Å². The van der Waals surface area contributed by atoms with Gasteiger partial charge in [-0.3, -0.25) is 0 Å². The van der Waals surface area contributed by atoms with Gasteiger partial charge in [-0.1, -0.05) is 48.5 Å². The lowest BCUT2D eigenvalue weighted by Crippen LogP contribution is -2.41. The maximum absolute atomic E-state index is 12.2. The van der Waals surface area contributed by atoms with E-state index in [4.69, 9.17) is 0 Å². The fraction of sp³-hybridized carbons (Fsp3) is 0.250. The predicted octanol–water partition coefficient (Wildman–Crippen LogP) is 2.52. The van der Waals surface area contributed by atoms with Crippen molar-refractivity contribution in [1.82, 2.24) is 4.72 Å². The van der Waals surface area contributed by atoms with Gasteiger partial charge in [-0.2, -0.15) is 0 Å². The maximum Gasteiger partial charge on any atom is 0.241 e. The van der Waals surface area contributed by atoms with Gasteiger partial charge in [0.2, 0.25) is 10.0 Å². The number of benzene rings is 2. The average molecular weight is 287 g/mol. The smallest absolute Gasteiger partial charge is 0.208 e. The molecule has 3 rings (SSSR count). The predicted molar refractivity (Wildman–Crippen MR) is 79.0 cm³/mol. The number of sulfonamides is 1. The first-order chi connectivity index (χ1) is 9.65. The highest BCUT2D eigenvalue weighted by molar-refractivity contribution is 7.89. The fourth-order valence-electron chi connectivity index (χ4n) is 2.67. The zero-order valence-electron chi connectivity index (χ0n) is 11.1. The van der Waals surface area contributed by atoms with E-state index in [1.807, 2.05) is 30.3 Å². The van der Waals surface area contributed by atoms with E-state index in [0.717, 1.165) is 24.8 Å². The fourth-order valence-corrected chi connectivity index (χ4v) is 4.19. The van der Waals surface area contributed by atoms with Crippen molar-refractivity contribution in [3.05, 3.63) is 65.7 Å². The highest BCUT2D eigenvalue weighted by Gasteiger charge is 2.28. The van der Waals surface area contributed by atoms with E-state index in [2.05, 4.69) is 16.9 Å². The molecule has 0 radical (unpaired) electrons. The molecule has 2 aromatic rings. The Labute approximate surface area is 119 Å². The summed E-state index contributed by atoms with van der Waals surface area (Å²) < 4.78 is 27.2. The van der Waals surface area contributed by atoms with Gasteiger partial charge in [0.05, 0.1) is 4.90 Å². The zero-order chi connectivity index (χ0) is 14.0. The molecule has 104 valence electrons. The van der Waals surface area contributed by atoms with Crippen LogP contribution in [-0.4, -0.2) is 14.5 Å². The molecule has 2 aromatic carbocycles. The number of hydrogen-bond acceptors (Lipinski definition) is 2. The lowest BCUT2D eigenvalue weighted by molar-refractivity contribution is 0.506. The molecular formula is C16H17NO2S. The summed E-state index contributed by atoms with van der Waals surface area (Å²) in [6.45, 7) is 0. The van der Waals surface area contributed by atoms with Gasteiger partial charge in [-0.15, -0.1) is 0 Å². The summed E-state index contributed by atoms with van der Waals surface area (Å²) in [6.07, 6.45) is 2.47. The molecule has 0 amide bonds. The van der Waals surface area contributed by atoms with Crippen LogP contribution < -0.4 is 4.72 Å². The Bertz CT molecular complexity index is 695. The SMILES string of the molecule is O=S1(=O)NC(CCc2ccccc2)Cc2ccccc21. The van der Waals surface area contributed by atoms with Crippen LogP contribution in [0.25, 0.3) is 0 Å². The number of hydrogen-bond donors (Lipinski definition) is 1. The van der Waals surface area contributed by atoms with Gasteiger partial charge in [0.1, 0.15) is 0 Å². The van der Waals surface area contributed by atoms with Crippen molar-refractivity contribution in [1.29, 1.82) is 0 Å². The molecule has 1 aliphatic heterocycles. The zero-order valence-corrected chi connectivity index (χ0v) is 11.9. The van der Waals surface area contributed by atoms with Crippen molar-refractivity contribution < 1.29 is 8.42 Å². The minimum absolute atomic E-state index is 0.0184. The van der Waals surface area contributed by atoms with Crippen LogP contribution in [0.4, 0.5) is 0 Å². The molecule has 0 spiro atoms. The normalized spacial score (nSPS) is 20.3. The van der Waals surface area contributed by atoms with Crippen LogP contribution in [0, 0.1) is 0 Å². The monoisotopic (exact) mass is 287 g/mol. The summed E-state index contributed by atoms with van der Waals surface area (Å²) >= 11 is 0. The lowest BCUT2D eigenvalue weighted by Gasteiger charge is -2.25. The maximum atomic E-state index is 12.2. The van der Waals surface area contributed by atoms with E-state index in [1.165, 1.54) is 5.56 Å². The van der Waals surface area contributed by atoms with Gasteiger partial charge in [0.15, 0.2) is 0 Å². The Kier molecular flexibility index (Phi) is 3.59.